The first kappa shape index (κ1) is 26.9. The summed E-state index contributed by atoms with van der Waals surface area (Å²) >= 11 is 0. The molecule has 0 bridgehead atoms. The van der Waals surface area contributed by atoms with Crippen molar-refractivity contribution in [2.45, 2.75) is 110 Å². The molecule has 200 valence electrons. The molecule has 36 heavy (non-hydrogen) atoms. The van der Waals surface area contributed by atoms with Crippen molar-refractivity contribution in [1.82, 2.24) is 5.32 Å². The SMILES string of the molecule is CC[C@@H](C)[C@@H](NC(=O)CCC(=O)O[C@@H]1CC[C@H]2[C@@H]3CCC4=CC(=O)CC[C@]4(C)[C@H]3CC[C@]12C)C(=O)O. The van der Waals surface area contributed by atoms with E-state index in [1.807, 2.05) is 13.0 Å². The lowest BCUT2D eigenvalue weighted by Gasteiger charge is -2.57. The Bertz CT molecular complexity index is 942. The number of ketones is 1. The van der Waals surface area contributed by atoms with Crippen LogP contribution in [0.15, 0.2) is 11.6 Å². The van der Waals surface area contributed by atoms with E-state index in [2.05, 4.69) is 19.2 Å². The van der Waals surface area contributed by atoms with E-state index in [9.17, 15) is 24.3 Å². The van der Waals surface area contributed by atoms with Gasteiger partial charge in [-0.25, -0.2) is 4.79 Å². The molecule has 0 radical (unpaired) electrons. The molecule has 0 heterocycles. The van der Waals surface area contributed by atoms with E-state index in [1.165, 1.54) is 5.57 Å². The molecule has 0 spiro atoms. The van der Waals surface area contributed by atoms with Gasteiger partial charge in [0.2, 0.25) is 5.91 Å². The van der Waals surface area contributed by atoms with Crippen molar-refractivity contribution in [1.29, 1.82) is 0 Å². The number of carboxylic acids is 1. The molecule has 4 rings (SSSR count). The number of carbonyl (C=O) groups excluding carboxylic acids is 3. The molecule has 0 aromatic rings. The standard InChI is InChI=1S/C29H43NO6/c1-5-17(2)26(27(34)35)30-24(32)10-11-25(33)36-23-9-8-21-20-7-6-18-16-19(31)12-14-28(18,3)22(20)13-15-29(21,23)4/h16-17,20-23,26H,5-15H2,1-4H3,(H,30,32)(H,34,35)/t17-,20+,21+,22+,23-,26-,28+,29+/m1/s1. The molecule has 1 amide bonds. The summed E-state index contributed by atoms with van der Waals surface area (Å²) in [6.45, 7) is 8.33. The van der Waals surface area contributed by atoms with Crippen LogP contribution in [-0.2, 0) is 23.9 Å². The minimum atomic E-state index is -1.06. The van der Waals surface area contributed by atoms with Gasteiger partial charge in [-0.1, -0.05) is 39.7 Å². The highest BCUT2D eigenvalue weighted by atomic mass is 16.5. The molecule has 0 aliphatic heterocycles. The fraction of sp³-hybridized carbons (Fsp3) is 0.793. The van der Waals surface area contributed by atoms with Crippen molar-refractivity contribution in [2.24, 2.45) is 34.5 Å². The van der Waals surface area contributed by atoms with Crippen molar-refractivity contribution in [3.8, 4) is 0 Å². The zero-order valence-electron chi connectivity index (χ0n) is 22.3. The molecular formula is C29H43NO6. The summed E-state index contributed by atoms with van der Waals surface area (Å²) in [4.78, 5) is 48.6. The fourth-order valence-electron chi connectivity index (χ4n) is 8.07. The number of aliphatic carboxylic acids is 1. The molecule has 0 unspecified atom stereocenters. The molecule has 8 atom stereocenters. The zero-order chi connectivity index (χ0) is 26.3. The van der Waals surface area contributed by atoms with Crippen molar-refractivity contribution < 1.29 is 29.0 Å². The predicted molar refractivity (Wildman–Crippen MR) is 135 cm³/mol. The first-order valence-electron chi connectivity index (χ1n) is 13.9. The summed E-state index contributed by atoms with van der Waals surface area (Å²) in [6.07, 6.45) is 10.1. The first-order valence-corrected chi connectivity index (χ1v) is 13.9. The summed E-state index contributed by atoms with van der Waals surface area (Å²) in [7, 11) is 0. The maximum Gasteiger partial charge on any atom is 0.326 e. The van der Waals surface area contributed by atoms with E-state index >= 15 is 0 Å². The quantitative estimate of drug-likeness (QED) is 0.461. The third-order valence-corrected chi connectivity index (χ3v) is 10.5. The number of carboxylic acid groups (broad SMARTS) is 1. The predicted octanol–water partition coefficient (Wildman–Crippen LogP) is 4.83. The Kier molecular flexibility index (Phi) is 7.68. The number of rotatable bonds is 8. The van der Waals surface area contributed by atoms with Gasteiger partial charge < -0.3 is 15.2 Å². The van der Waals surface area contributed by atoms with Crippen molar-refractivity contribution in [3.63, 3.8) is 0 Å². The fourth-order valence-corrected chi connectivity index (χ4v) is 8.07. The minimum Gasteiger partial charge on any atom is -0.480 e. The van der Waals surface area contributed by atoms with Crippen molar-refractivity contribution >= 4 is 23.6 Å². The van der Waals surface area contributed by atoms with E-state index < -0.39 is 17.9 Å². The van der Waals surface area contributed by atoms with E-state index in [4.69, 9.17) is 4.74 Å². The lowest BCUT2D eigenvalue weighted by molar-refractivity contribution is -0.160. The number of carbonyl (C=O) groups is 4. The lowest BCUT2D eigenvalue weighted by atomic mass is 9.47. The normalized spacial score (nSPS) is 37.0. The van der Waals surface area contributed by atoms with Gasteiger partial charge in [-0.3, -0.25) is 14.4 Å². The Labute approximate surface area is 214 Å². The number of nitrogens with one attached hydrogen (secondary N) is 1. The number of fused-ring (bicyclic) bond motifs is 5. The summed E-state index contributed by atoms with van der Waals surface area (Å²) in [5.41, 5.74) is 1.44. The van der Waals surface area contributed by atoms with Crippen LogP contribution in [0.1, 0.15) is 98.3 Å². The van der Waals surface area contributed by atoms with Gasteiger partial charge >= 0.3 is 11.9 Å². The largest absolute Gasteiger partial charge is 0.480 e. The minimum absolute atomic E-state index is 0.0395. The number of hydrogen-bond donors (Lipinski definition) is 2. The number of esters is 1. The molecule has 0 aromatic heterocycles. The first-order chi connectivity index (χ1) is 17.0. The topological polar surface area (TPSA) is 110 Å². The van der Waals surface area contributed by atoms with Gasteiger partial charge in [0.05, 0.1) is 6.42 Å². The summed E-state index contributed by atoms with van der Waals surface area (Å²) in [6, 6.07) is -0.946. The zero-order valence-corrected chi connectivity index (χ0v) is 22.3. The molecule has 7 nitrogen and oxygen atoms in total. The van der Waals surface area contributed by atoms with Crippen LogP contribution in [-0.4, -0.2) is 40.9 Å². The summed E-state index contributed by atoms with van der Waals surface area (Å²) in [5, 5.41) is 11.9. The Hall–Kier alpha value is -2.18. The van der Waals surface area contributed by atoms with Crippen molar-refractivity contribution in [2.75, 3.05) is 0 Å². The number of hydrogen-bond acceptors (Lipinski definition) is 5. The van der Waals surface area contributed by atoms with E-state index in [0.717, 1.165) is 44.9 Å². The monoisotopic (exact) mass is 501 g/mol. The summed E-state index contributed by atoms with van der Waals surface area (Å²) < 4.78 is 5.99. The van der Waals surface area contributed by atoms with Crippen LogP contribution >= 0.6 is 0 Å². The Morgan fingerprint density at radius 3 is 2.53 bits per heavy atom. The maximum absolute atomic E-state index is 12.7. The van der Waals surface area contributed by atoms with Crippen LogP contribution in [0.2, 0.25) is 0 Å². The van der Waals surface area contributed by atoms with E-state index in [1.54, 1.807) is 6.92 Å². The highest BCUT2D eigenvalue weighted by Gasteiger charge is 2.59. The van der Waals surface area contributed by atoms with Gasteiger partial charge in [-0.05, 0) is 80.1 Å². The molecule has 3 saturated carbocycles. The van der Waals surface area contributed by atoms with Crippen LogP contribution in [0.4, 0.5) is 0 Å². The third kappa shape index (κ3) is 4.87. The van der Waals surface area contributed by atoms with Gasteiger partial charge in [0.25, 0.3) is 0 Å². The van der Waals surface area contributed by atoms with Gasteiger partial charge in [-0.2, -0.15) is 0 Å². The highest BCUT2D eigenvalue weighted by Crippen LogP contribution is 2.65. The van der Waals surface area contributed by atoms with Crippen LogP contribution < -0.4 is 5.32 Å². The third-order valence-electron chi connectivity index (χ3n) is 10.5. The van der Waals surface area contributed by atoms with Crippen molar-refractivity contribution in [3.05, 3.63) is 11.6 Å². The second kappa shape index (κ2) is 10.3. The Balaban J connectivity index is 1.34. The molecule has 0 saturated heterocycles. The maximum atomic E-state index is 12.7. The molecular weight excluding hydrogens is 458 g/mol. The number of amides is 1. The number of ether oxygens (including phenoxy) is 1. The second-order valence-corrected chi connectivity index (χ2v) is 12.3. The molecule has 2 N–H and O–H groups in total. The molecule has 4 aliphatic rings. The molecule has 4 aliphatic carbocycles. The molecule has 0 aromatic carbocycles. The van der Waals surface area contributed by atoms with Crippen LogP contribution in [0.25, 0.3) is 0 Å². The smallest absolute Gasteiger partial charge is 0.326 e. The molecule has 7 heteroatoms. The highest BCUT2D eigenvalue weighted by molar-refractivity contribution is 5.91. The second-order valence-electron chi connectivity index (χ2n) is 12.3. The average Bonchev–Trinajstić information content (AvgIpc) is 3.17. The van der Waals surface area contributed by atoms with Gasteiger partial charge in [0.15, 0.2) is 5.78 Å². The molecule has 3 fully saturated rings. The van der Waals surface area contributed by atoms with Gasteiger partial charge in [0.1, 0.15) is 12.1 Å². The lowest BCUT2D eigenvalue weighted by Crippen LogP contribution is -2.51. The summed E-state index contributed by atoms with van der Waals surface area (Å²) in [5.74, 6) is -0.0631. The Morgan fingerprint density at radius 2 is 1.83 bits per heavy atom. The van der Waals surface area contributed by atoms with Crippen LogP contribution in [0.5, 0.6) is 0 Å². The average molecular weight is 502 g/mol. The van der Waals surface area contributed by atoms with Crippen LogP contribution in [0, 0.1) is 34.5 Å². The van der Waals surface area contributed by atoms with Gasteiger partial charge in [-0.15, -0.1) is 0 Å². The van der Waals surface area contributed by atoms with E-state index in [0.29, 0.717) is 30.6 Å². The number of allylic oxidation sites excluding steroid dienone is 1. The van der Waals surface area contributed by atoms with Gasteiger partial charge in [0, 0.05) is 18.3 Å². The van der Waals surface area contributed by atoms with Crippen LogP contribution in [0.3, 0.4) is 0 Å². The van der Waals surface area contributed by atoms with E-state index in [-0.39, 0.29) is 47.4 Å². The Morgan fingerprint density at radius 1 is 1.08 bits per heavy atom.